The Bertz CT molecular complexity index is 161. The lowest BCUT2D eigenvalue weighted by atomic mass is 9.87. The van der Waals surface area contributed by atoms with E-state index in [1.165, 1.54) is 25.8 Å². The van der Waals surface area contributed by atoms with Crippen molar-refractivity contribution < 1.29 is 5.11 Å². The zero-order valence-corrected chi connectivity index (χ0v) is 8.84. The summed E-state index contributed by atoms with van der Waals surface area (Å²) in [4.78, 5) is 0. The second-order valence-electron chi connectivity index (χ2n) is 4.77. The van der Waals surface area contributed by atoms with E-state index in [9.17, 15) is 5.11 Å². The molecule has 3 nitrogen and oxygen atoms in total. The highest BCUT2D eigenvalue weighted by atomic mass is 16.3. The minimum Gasteiger partial charge on any atom is -0.393 e. The second-order valence-corrected chi connectivity index (χ2v) is 4.77. The standard InChI is InChI=1S/C11H22N2O/c14-11-3-1-9(2-4-11)7-13-10-5-6-12-8-10/h9-14H,1-8H2. The summed E-state index contributed by atoms with van der Waals surface area (Å²) in [6.45, 7) is 3.45. The molecule has 0 aromatic carbocycles. The van der Waals surface area contributed by atoms with Gasteiger partial charge in [0.2, 0.25) is 0 Å². The van der Waals surface area contributed by atoms with E-state index >= 15 is 0 Å². The Morgan fingerprint density at radius 2 is 1.93 bits per heavy atom. The number of nitrogens with one attached hydrogen (secondary N) is 2. The molecular weight excluding hydrogens is 176 g/mol. The van der Waals surface area contributed by atoms with E-state index in [4.69, 9.17) is 0 Å². The first-order valence-electron chi connectivity index (χ1n) is 5.97. The normalized spacial score (nSPS) is 38.8. The first-order chi connectivity index (χ1) is 6.84. The third kappa shape index (κ3) is 2.94. The Balaban J connectivity index is 1.60. The van der Waals surface area contributed by atoms with Gasteiger partial charge in [-0.05, 0) is 51.1 Å². The van der Waals surface area contributed by atoms with E-state index in [1.807, 2.05) is 0 Å². The highest BCUT2D eigenvalue weighted by Gasteiger charge is 2.21. The van der Waals surface area contributed by atoms with Gasteiger partial charge in [-0.3, -0.25) is 0 Å². The molecule has 14 heavy (non-hydrogen) atoms. The van der Waals surface area contributed by atoms with Gasteiger partial charge in [-0.2, -0.15) is 0 Å². The molecule has 1 atom stereocenters. The highest BCUT2D eigenvalue weighted by Crippen LogP contribution is 2.23. The van der Waals surface area contributed by atoms with Crippen LogP contribution >= 0.6 is 0 Å². The molecule has 2 fully saturated rings. The summed E-state index contributed by atoms with van der Waals surface area (Å²) in [5.41, 5.74) is 0. The van der Waals surface area contributed by atoms with Crippen molar-refractivity contribution in [2.24, 2.45) is 5.92 Å². The van der Waals surface area contributed by atoms with Crippen LogP contribution in [-0.2, 0) is 0 Å². The molecule has 0 bridgehead atoms. The number of rotatable bonds is 3. The van der Waals surface area contributed by atoms with Crippen molar-refractivity contribution in [3.63, 3.8) is 0 Å². The van der Waals surface area contributed by atoms with E-state index in [0.29, 0.717) is 6.04 Å². The van der Waals surface area contributed by atoms with Crippen molar-refractivity contribution in [1.29, 1.82) is 0 Å². The summed E-state index contributed by atoms with van der Waals surface area (Å²) in [6.07, 6.45) is 5.68. The molecule has 1 unspecified atom stereocenters. The molecule has 2 aliphatic rings. The van der Waals surface area contributed by atoms with Gasteiger partial charge in [0.25, 0.3) is 0 Å². The Kier molecular flexibility index (Phi) is 3.79. The summed E-state index contributed by atoms with van der Waals surface area (Å²) in [5.74, 6) is 0.805. The molecule has 2 rings (SSSR count). The summed E-state index contributed by atoms with van der Waals surface area (Å²) < 4.78 is 0. The summed E-state index contributed by atoms with van der Waals surface area (Å²) in [5, 5.41) is 16.4. The van der Waals surface area contributed by atoms with E-state index in [2.05, 4.69) is 10.6 Å². The zero-order valence-electron chi connectivity index (χ0n) is 8.84. The maximum atomic E-state index is 9.38. The van der Waals surface area contributed by atoms with Gasteiger partial charge in [0, 0.05) is 12.6 Å². The maximum Gasteiger partial charge on any atom is 0.0540 e. The van der Waals surface area contributed by atoms with E-state index in [0.717, 1.165) is 31.8 Å². The van der Waals surface area contributed by atoms with Crippen LogP contribution in [0.5, 0.6) is 0 Å². The molecule has 0 amide bonds. The molecular formula is C11H22N2O. The number of hydrogen-bond acceptors (Lipinski definition) is 3. The molecule has 82 valence electrons. The first kappa shape index (κ1) is 10.4. The van der Waals surface area contributed by atoms with Crippen LogP contribution in [0.2, 0.25) is 0 Å². The minimum atomic E-state index is -0.0144. The van der Waals surface area contributed by atoms with Crippen molar-refractivity contribution >= 4 is 0 Å². The van der Waals surface area contributed by atoms with Gasteiger partial charge in [-0.15, -0.1) is 0 Å². The Labute approximate surface area is 86.3 Å². The Morgan fingerprint density at radius 3 is 2.57 bits per heavy atom. The molecule has 3 N–H and O–H groups in total. The second kappa shape index (κ2) is 5.10. The molecule has 0 aromatic rings. The summed E-state index contributed by atoms with van der Waals surface area (Å²) in [7, 11) is 0. The van der Waals surface area contributed by atoms with E-state index in [1.54, 1.807) is 0 Å². The van der Waals surface area contributed by atoms with Gasteiger partial charge in [-0.25, -0.2) is 0 Å². The number of aliphatic hydroxyl groups is 1. The fourth-order valence-corrected chi connectivity index (χ4v) is 2.51. The van der Waals surface area contributed by atoms with Crippen LogP contribution in [0.15, 0.2) is 0 Å². The minimum absolute atomic E-state index is 0.0144. The van der Waals surface area contributed by atoms with Gasteiger partial charge in [0.15, 0.2) is 0 Å². The van der Waals surface area contributed by atoms with Crippen LogP contribution in [0.3, 0.4) is 0 Å². The Morgan fingerprint density at radius 1 is 1.14 bits per heavy atom. The molecule has 0 spiro atoms. The van der Waals surface area contributed by atoms with Crippen molar-refractivity contribution in [2.75, 3.05) is 19.6 Å². The largest absolute Gasteiger partial charge is 0.393 e. The van der Waals surface area contributed by atoms with Crippen molar-refractivity contribution in [3.8, 4) is 0 Å². The van der Waals surface area contributed by atoms with Gasteiger partial charge in [0.1, 0.15) is 0 Å². The van der Waals surface area contributed by atoms with Crippen LogP contribution in [0.1, 0.15) is 32.1 Å². The lowest BCUT2D eigenvalue weighted by Gasteiger charge is -2.26. The average Bonchev–Trinajstić information content (AvgIpc) is 2.70. The molecule has 0 radical (unpaired) electrons. The van der Waals surface area contributed by atoms with Gasteiger partial charge in [-0.1, -0.05) is 0 Å². The lowest BCUT2D eigenvalue weighted by molar-refractivity contribution is 0.108. The smallest absolute Gasteiger partial charge is 0.0540 e. The molecule has 1 aliphatic heterocycles. The zero-order chi connectivity index (χ0) is 9.80. The fourth-order valence-electron chi connectivity index (χ4n) is 2.51. The van der Waals surface area contributed by atoms with Crippen LogP contribution in [0.25, 0.3) is 0 Å². The topological polar surface area (TPSA) is 44.3 Å². The van der Waals surface area contributed by atoms with Gasteiger partial charge >= 0.3 is 0 Å². The van der Waals surface area contributed by atoms with Gasteiger partial charge < -0.3 is 15.7 Å². The third-order valence-corrected chi connectivity index (χ3v) is 3.57. The summed E-state index contributed by atoms with van der Waals surface area (Å²) >= 11 is 0. The average molecular weight is 198 g/mol. The maximum absolute atomic E-state index is 9.38. The summed E-state index contributed by atoms with van der Waals surface area (Å²) in [6, 6.07) is 0.696. The molecule has 1 saturated carbocycles. The van der Waals surface area contributed by atoms with E-state index < -0.39 is 0 Å². The molecule has 3 heteroatoms. The van der Waals surface area contributed by atoms with Crippen LogP contribution < -0.4 is 10.6 Å². The van der Waals surface area contributed by atoms with Crippen molar-refractivity contribution in [3.05, 3.63) is 0 Å². The van der Waals surface area contributed by atoms with Crippen LogP contribution in [0.4, 0.5) is 0 Å². The van der Waals surface area contributed by atoms with Crippen LogP contribution in [0, 0.1) is 5.92 Å². The van der Waals surface area contributed by atoms with Gasteiger partial charge in [0.05, 0.1) is 6.10 Å². The van der Waals surface area contributed by atoms with Crippen molar-refractivity contribution in [1.82, 2.24) is 10.6 Å². The lowest BCUT2D eigenvalue weighted by Crippen LogP contribution is -2.36. The SMILES string of the molecule is OC1CCC(CNC2CCNC2)CC1. The fraction of sp³-hybridized carbons (Fsp3) is 1.00. The molecule has 1 saturated heterocycles. The predicted molar refractivity (Wildman–Crippen MR) is 57.2 cm³/mol. The Hall–Kier alpha value is -0.120. The highest BCUT2D eigenvalue weighted by molar-refractivity contribution is 4.80. The van der Waals surface area contributed by atoms with E-state index in [-0.39, 0.29) is 6.10 Å². The molecule has 1 aliphatic carbocycles. The quantitative estimate of drug-likeness (QED) is 0.618. The monoisotopic (exact) mass is 198 g/mol. The van der Waals surface area contributed by atoms with Crippen LogP contribution in [-0.4, -0.2) is 36.9 Å². The number of aliphatic hydroxyl groups excluding tert-OH is 1. The molecule has 1 heterocycles. The first-order valence-corrected chi connectivity index (χ1v) is 5.97. The number of hydrogen-bond donors (Lipinski definition) is 3. The molecule has 0 aromatic heterocycles. The van der Waals surface area contributed by atoms with Crippen molar-refractivity contribution in [2.45, 2.75) is 44.2 Å². The third-order valence-electron chi connectivity index (χ3n) is 3.57. The predicted octanol–water partition coefficient (Wildman–Crippen LogP) is 0.489.